The van der Waals surface area contributed by atoms with Crippen LogP contribution in [0.15, 0.2) is 24.3 Å². The molecule has 0 bridgehead atoms. The van der Waals surface area contributed by atoms with Crippen molar-refractivity contribution in [1.29, 1.82) is 0 Å². The zero-order chi connectivity index (χ0) is 22.2. The van der Waals surface area contributed by atoms with Crippen LogP contribution in [0.1, 0.15) is 49.1 Å². The Balaban J connectivity index is 2.03. The monoisotopic (exact) mass is 464 g/mol. The normalized spacial score (nSPS) is 11.0. The van der Waals surface area contributed by atoms with E-state index in [1.165, 1.54) is 16.2 Å². The van der Waals surface area contributed by atoms with Crippen molar-refractivity contribution >= 4 is 67.1 Å². The van der Waals surface area contributed by atoms with Gasteiger partial charge in [-0.1, -0.05) is 29.8 Å². The van der Waals surface area contributed by atoms with Gasteiger partial charge in [0, 0.05) is 24.2 Å². The predicted molar refractivity (Wildman–Crippen MR) is 122 cm³/mol. The molecule has 2 amide bonds. The first-order chi connectivity index (χ1) is 14.1. The summed E-state index contributed by atoms with van der Waals surface area (Å²) in [4.78, 5) is 40.4. The molecule has 158 valence electrons. The van der Waals surface area contributed by atoms with Gasteiger partial charge < -0.3 is 15.0 Å². The number of ether oxygens (including phenoxy) is 1. The zero-order valence-corrected chi connectivity index (χ0v) is 19.6. The average molecular weight is 465 g/mol. The number of fused-ring (bicyclic) bond motifs is 1. The highest BCUT2D eigenvalue weighted by molar-refractivity contribution is 7.22. The summed E-state index contributed by atoms with van der Waals surface area (Å²) in [5, 5.41) is 4.19. The second-order valence-corrected chi connectivity index (χ2v) is 9.56. The Hall–Kier alpha value is -2.42. The molecule has 30 heavy (non-hydrogen) atoms. The van der Waals surface area contributed by atoms with E-state index >= 15 is 0 Å². The van der Waals surface area contributed by atoms with E-state index in [9.17, 15) is 14.4 Å². The number of nitrogens with zero attached hydrogens (tertiary/aromatic N) is 1. The summed E-state index contributed by atoms with van der Waals surface area (Å²) in [6.45, 7) is 5.15. The lowest BCUT2D eigenvalue weighted by molar-refractivity contribution is 0.0379. The highest BCUT2D eigenvalue weighted by Crippen LogP contribution is 2.38. The Morgan fingerprint density at radius 1 is 1.10 bits per heavy atom. The molecule has 3 rings (SSSR count). The second kappa shape index (κ2) is 8.75. The van der Waals surface area contributed by atoms with Crippen molar-refractivity contribution in [2.24, 2.45) is 0 Å². The fourth-order valence-electron chi connectivity index (χ4n) is 2.85. The Morgan fingerprint density at radius 2 is 1.77 bits per heavy atom. The molecule has 1 aromatic carbocycles. The number of hydrogen-bond donors (Lipinski definition) is 1. The van der Waals surface area contributed by atoms with Crippen LogP contribution in [0, 0.1) is 6.92 Å². The first-order valence-corrected chi connectivity index (χ1v) is 11.2. The Kier molecular flexibility index (Phi) is 6.50. The third-order valence-electron chi connectivity index (χ3n) is 4.26. The van der Waals surface area contributed by atoms with Crippen LogP contribution < -0.4 is 5.32 Å². The topological polar surface area (TPSA) is 75.7 Å². The van der Waals surface area contributed by atoms with Crippen LogP contribution in [0.5, 0.6) is 0 Å². The molecule has 6 nitrogen and oxygen atoms in total. The summed E-state index contributed by atoms with van der Waals surface area (Å²) < 4.78 is 6.23. The Bertz CT molecular complexity index is 1150. The number of amides is 2. The van der Waals surface area contributed by atoms with Crippen molar-refractivity contribution in [3.05, 3.63) is 50.2 Å². The molecule has 3 aromatic rings. The number of thiophene rings is 2. The Morgan fingerprint density at radius 3 is 2.37 bits per heavy atom. The van der Waals surface area contributed by atoms with E-state index in [-0.39, 0.29) is 22.6 Å². The van der Waals surface area contributed by atoms with E-state index in [0.29, 0.717) is 20.3 Å². The number of esters is 1. The van der Waals surface area contributed by atoms with Gasteiger partial charge in [0.1, 0.15) is 9.88 Å². The van der Waals surface area contributed by atoms with Crippen LogP contribution in [0.25, 0.3) is 10.1 Å². The maximum atomic E-state index is 13.0. The third-order valence-corrected chi connectivity index (χ3v) is 7.13. The maximum absolute atomic E-state index is 13.0. The number of rotatable bonds is 5. The number of nitrogens with one attached hydrogen (secondary N) is 1. The smallest absolute Gasteiger partial charge is 0.341 e. The summed E-state index contributed by atoms with van der Waals surface area (Å²) in [6, 6.07) is 7.46. The fraction of sp³-hybridized carbons (Fsp3) is 0.286. The molecule has 0 aliphatic carbocycles. The SMILES string of the molecule is Cc1c(C(=O)N(C)C)sc(NC(=O)c2sc3ccccc3c2Cl)c1C(=O)OC(C)C. The van der Waals surface area contributed by atoms with Gasteiger partial charge in [-0.3, -0.25) is 9.59 Å². The number of hydrogen-bond acceptors (Lipinski definition) is 6. The lowest BCUT2D eigenvalue weighted by atomic mass is 10.1. The highest BCUT2D eigenvalue weighted by atomic mass is 35.5. The van der Waals surface area contributed by atoms with Crippen LogP contribution in [0.4, 0.5) is 5.00 Å². The molecule has 0 saturated heterocycles. The van der Waals surface area contributed by atoms with Gasteiger partial charge >= 0.3 is 5.97 Å². The van der Waals surface area contributed by atoms with E-state index in [2.05, 4.69) is 5.32 Å². The predicted octanol–water partition coefficient (Wildman–Crippen LogP) is 5.44. The molecule has 0 unspecified atom stereocenters. The average Bonchev–Trinajstić information content (AvgIpc) is 3.18. The van der Waals surface area contributed by atoms with Crippen molar-refractivity contribution < 1.29 is 19.1 Å². The van der Waals surface area contributed by atoms with Crippen LogP contribution in [0.2, 0.25) is 5.02 Å². The lowest BCUT2D eigenvalue weighted by Gasteiger charge is -2.11. The van der Waals surface area contributed by atoms with Crippen LogP contribution in [-0.4, -0.2) is 42.9 Å². The van der Waals surface area contributed by atoms with Crippen molar-refractivity contribution in [3.8, 4) is 0 Å². The van der Waals surface area contributed by atoms with E-state index in [4.69, 9.17) is 16.3 Å². The van der Waals surface area contributed by atoms with Gasteiger partial charge in [-0.25, -0.2) is 4.79 Å². The van der Waals surface area contributed by atoms with Gasteiger partial charge in [-0.2, -0.15) is 0 Å². The van der Waals surface area contributed by atoms with Gasteiger partial charge in [0.15, 0.2) is 0 Å². The second-order valence-electron chi connectivity index (χ2n) is 7.11. The lowest BCUT2D eigenvalue weighted by Crippen LogP contribution is -2.21. The molecule has 2 heterocycles. The summed E-state index contributed by atoms with van der Waals surface area (Å²) in [7, 11) is 3.26. The number of anilines is 1. The largest absolute Gasteiger partial charge is 0.459 e. The molecule has 0 saturated carbocycles. The van der Waals surface area contributed by atoms with Gasteiger partial charge in [0.05, 0.1) is 21.6 Å². The first kappa shape index (κ1) is 22.3. The van der Waals surface area contributed by atoms with Crippen molar-refractivity contribution in [3.63, 3.8) is 0 Å². The minimum Gasteiger partial charge on any atom is -0.459 e. The molecule has 1 N–H and O–H groups in total. The van der Waals surface area contributed by atoms with Gasteiger partial charge in [0.25, 0.3) is 11.8 Å². The number of halogens is 1. The molecule has 2 aromatic heterocycles. The maximum Gasteiger partial charge on any atom is 0.341 e. The van der Waals surface area contributed by atoms with Crippen molar-refractivity contribution in [1.82, 2.24) is 4.90 Å². The van der Waals surface area contributed by atoms with Crippen LogP contribution in [-0.2, 0) is 4.74 Å². The number of carbonyl (C=O) groups excluding carboxylic acids is 3. The Labute approximate surface area is 187 Å². The van der Waals surface area contributed by atoms with Crippen molar-refractivity contribution in [2.75, 3.05) is 19.4 Å². The summed E-state index contributed by atoms with van der Waals surface area (Å²) in [6.07, 6.45) is -0.342. The molecule has 0 spiro atoms. The molecule has 0 fully saturated rings. The number of benzene rings is 1. The quantitative estimate of drug-likeness (QED) is 0.510. The summed E-state index contributed by atoms with van der Waals surface area (Å²) >= 11 is 8.74. The third kappa shape index (κ3) is 4.21. The van der Waals surface area contributed by atoms with E-state index < -0.39 is 11.9 Å². The standard InChI is InChI=1S/C21H21ClN2O4S2/c1-10(2)28-21(27)14-11(3)16(20(26)24(4)5)30-19(14)23-18(25)17-15(22)12-8-6-7-9-13(12)29-17/h6-10H,1-5H3,(H,23,25). The summed E-state index contributed by atoms with van der Waals surface area (Å²) in [5.74, 6) is -1.28. The minimum absolute atomic E-state index is 0.185. The fourth-order valence-corrected chi connectivity index (χ4v) is 5.47. The molecular formula is C21H21ClN2O4S2. The minimum atomic E-state index is -0.589. The molecule has 0 atom stereocenters. The van der Waals surface area contributed by atoms with E-state index in [1.807, 2.05) is 24.3 Å². The van der Waals surface area contributed by atoms with Crippen LogP contribution in [0.3, 0.4) is 0 Å². The van der Waals surface area contributed by atoms with Gasteiger partial charge in [0.2, 0.25) is 0 Å². The van der Waals surface area contributed by atoms with E-state index in [0.717, 1.165) is 21.4 Å². The summed E-state index contributed by atoms with van der Waals surface area (Å²) in [5.41, 5.74) is 0.659. The van der Waals surface area contributed by atoms with Gasteiger partial charge in [-0.05, 0) is 32.4 Å². The molecule has 0 aliphatic heterocycles. The zero-order valence-electron chi connectivity index (χ0n) is 17.2. The highest BCUT2D eigenvalue weighted by Gasteiger charge is 2.29. The van der Waals surface area contributed by atoms with Gasteiger partial charge in [-0.15, -0.1) is 22.7 Å². The molecule has 0 radical (unpaired) electrons. The molecule has 0 aliphatic rings. The van der Waals surface area contributed by atoms with E-state index in [1.54, 1.807) is 34.9 Å². The molecule has 9 heteroatoms. The molecular weight excluding hydrogens is 444 g/mol. The van der Waals surface area contributed by atoms with Crippen LogP contribution >= 0.6 is 34.3 Å². The van der Waals surface area contributed by atoms with Crippen molar-refractivity contribution in [2.45, 2.75) is 26.9 Å². The number of carbonyl (C=O) groups is 3. The first-order valence-electron chi connectivity index (χ1n) is 9.16.